The summed E-state index contributed by atoms with van der Waals surface area (Å²) in [5, 5.41) is 3.24. The molecule has 2 aliphatic rings. The van der Waals surface area contributed by atoms with Gasteiger partial charge in [0.2, 0.25) is 5.95 Å². The average molecular weight is 352 g/mol. The zero-order valence-electron chi connectivity index (χ0n) is 15.3. The number of likely N-dealkylation sites (N-methyl/N-ethyl adjacent to an activating group) is 2. The Balaban J connectivity index is 1.45. The van der Waals surface area contributed by atoms with E-state index in [1.165, 1.54) is 5.69 Å². The number of carbonyl (C=O) groups excluding carboxylic acids is 1. The lowest BCUT2D eigenvalue weighted by atomic mass is 10.1. The van der Waals surface area contributed by atoms with E-state index in [-0.39, 0.29) is 5.91 Å². The fourth-order valence-corrected chi connectivity index (χ4v) is 3.38. The van der Waals surface area contributed by atoms with Crippen LogP contribution in [0.2, 0.25) is 0 Å². The molecule has 1 aromatic heterocycles. The summed E-state index contributed by atoms with van der Waals surface area (Å²) in [5.41, 5.74) is 3.61. The van der Waals surface area contributed by atoms with Crippen molar-refractivity contribution in [1.29, 1.82) is 0 Å². The third-order valence-corrected chi connectivity index (χ3v) is 5.12. The highest BCUT2D eigenvalue weighted by molar-refractivity contribution is 5.95. The molecule has 3 heterocycles. The number of fused-ring (bicyclic) bond motifs is 1. The lowest BCUT2D eigenvalue weighted by molar-refractivity contribution is 0.0778. The summed E-state index contributed by atoms with van der Waals surface area (Å²) in [6, 6.07) is 8.36. The number of hydrogen-bond donors (Lipinski definition) is 1. The van der Waals surface area contributed by atoms with Gasteiger partial charge >= 0.3 is 0 Å². The maximum absolute atomic E-state index is 12.1. The molecule has 0 aliphatic carbocycles. The van der Waals surface area contributed by atoms with Crippen LogP contribution in [0.25, 0.3) is 0 Å². The molecule has 136 valence electrons. The number of nitrogens with zero attached hydrogens (tertiary/aromatic N) is 5. The molecule has 0 bridgehead atoms. The lowest BCUT2D eigenvalue weighted by Crippen LogP contribution is -2.44. The molecule has 1 aromatic carbocycles. The van der Waals surface area contributed by atoms with Gasteiger partial charge in [0.15, 0.2) is 0 Å². The van der Waals surface area contributed by atoms with Gasteiger partial charge in [0, 0.05) is 63.8 Å². The Morgan fingerprint density at radius 2 is 1.73 bits per heavy atom. The standard InChI is InChI=1S/C19H24N6O/c1-23-9-11-25(12-10-23)15-5-3-14(4-6-15)21-19-20-13-16-17(22-19)7-8-24(2)18(16)26/h3-6,13H,7-12H2,1-2H3,(H,20,21,22). The summed E-state index contributed by atoms with van der Waals surface area (Å²) in [7, 11) is 3.97. The Bertz CT molecular complexity index is 798. The molecule has 1 fully saturated rings. The predicted octanol–water partition coefficient (Wildman–Crippen LogP) is 1.60. The minimum absolute atomic E-state index is 0.00525. The Morgan fingerprint density at radius 3 is 2.46 bits per heavy atom. The molecule has 0 radical (unpaired) electrons. The van der Waals surface area contributed by atoms with E-state index >= 15 is 0 Å². The summed E-state index contributed by atoms with van der Waals surface area (Å²) >= 11 is 0. The largest absolute Gasteiger partial charge is 0.369 e. The van der Waals surface area contributed by atoms with E-state index in [9.17, 15) is 4.79 Å². The minimum Gasteiger partial charge on any atom is -0.369 e. The number of carbonyl (C=O) groups is 1. The van der Waals surface area contributed by atoms with Gasteiger partial charge in [0.05, 0.1) is 11.3 Å². The van der Waals surface area contributed by atoms with E-state index < -0.39 is 0 Å². The number of benzene rings is 1. The highest BCUT2D eigenvalue weighted by Crippen LogP contribution is 2.22. The molecule has 2 aromatic rings. The number of nitrogens with one attached hydrogen (secondary N) is 1. The Kier molecular flexibility index (Phi) is 4.46. The van der Waals surface area contributed by atoms with Crippen LogP contribution in [0.3, 0.4) is 0 Å². The van der Waals surface area contributed by atoms with Crippen LogP contribution < -0.4 is 10.2 Å². The predicted molar refractivity (Wildman–Crippen MR) is 102 cm³/mol. The minimum atomic E-state index is -0.00525. The third kappa shape index (κ3) is 3.35. The van der Waals surface area contributed by atoms with Crippen molar-refractivity contribution in [3.63, 3.8) is 0 Å². The van der Waals surface area contributed by atoms with Crippen molar-refractivity contribution in [3.05, 3.63) is 41.7 Å². The molecule has 7 nitrogen and oxygen atoms in total. The summed E-state index contributed by atoms with van der Waals surface area (Å²) in [6.45, 7) is 5.00. The highest BCUT2D eigenvalue weighted by Gasteiger charge is 2.23. The number of rotatable bonds is 3. The van der Waals surface area contributed by atoms with Crippen molar-refractivity contribution < 1.29 is 4.79 Å². The molecule has 0 saturated carbocycles. The van der Waals surface area contributed by atoms with Crippen LogP contribution in [0.1, 0.15) is 16.1 Å². The number of anilines is 3. The maximum Gasteiger partial charge on any atom is 0.257 e. The van der Waals surface area contributed by atoms with E-state index in [0.29, 0.717) is 18.1 Å². The van der Waals surface area contributed by atoms with Crippen LogP contribution in [0.4, 0.5) is 17.3 Å². The smallest absolute Gasteiger partial charge is 0.257 e. The molecule has 0 atom stereocenters. The summed E-state index contributed by atoms with van der Waals surface area (Å²) < 4.78 is 0. The number of amides is 1. The summed E-state index contributed by atoms with van der Waals surface area (Å²) in [5.74, 6) is 0.530. The van der Waals surface area contributed by atoms with Crippen LogP contribution in [0.15, 0.2) is 30.5 Å². The van der Waals surface area contributed by atoms with Gasteiger partial charge in [0.1, 0.15) is 0 Å². The van der Waals surface area contributed by atoms with E-state index in [2.05, 4.69) is 56.4 Å². The third-order valence-electron chi connectivity index (χ3n) is 5.12. The van der Waals surface area contributed by atoms with Crippen molar-refractivity contribution >= 4 is 23.2 Å². The molecule has 1 amide bonds. The highest BCUT2D eigenvalue weighted by atomic mass is 16.2. The summed E-state index contributed by atoms with van der Waals surface area (Å²) in [4.78, 5) is 27.4. The second-order valence-electron chi connectivity index (χ2n) is 6.99. The molecule has 1 saturated heterocycles. The quantitative estimate of drug-likeness (QED) is 0.905. The van der Waals surface area contributed by atoms with Gasteiger partial charge in [0.25, 0.3) is 5.91 Å². The van der Waals surface area contributed by atoms with Gasteiger partial charge < -0.3 is 20.0 Å². The van der Waals surface area contributed by atoms with Gasteiger partial charge in [-0.05, 0) is 31.3 Å². The van der Waals surface area contributed by atoms with Crippen molar-refractivity contribution in [2.75, 3.05) is 57.0 Å². The van der Waals surface area contributed by atoms with Crippen LogP contribution in [-0.2, 0) is 6.42 Å². The van der Waals surface area contributed by atoms with E-state index in [0.717, 1.165) is 44.0 Å². The number of hydrogen-bond acceptors (Lipinski definition) is 6. The molecular weight excluding hydrogens is 328 g/mol. The summed E-state index contributed by atoms with van der Waals surface area (Å²) in [6.07, 6.45) is 2.39. The molecule has 0 spiro atoms. The first-order valence-corrected chi connectivity index (χ1v) is 9.02. The zero-order chi connectivity index (χ0) is 18.1. The van der Waals surface area contributed by atoms with Crippen LogP contribution in [-0.4, -0.2) is 72.5 Å². The molecule has 7 heteroatoms. The molecule has 4 rings (SSSR count). The first kappa shape index (κ1) is 16.8. The first-order chi connectivity index (χ1) is 12.6. The first-order valence-electron chi connectivity index (χ1n) is 9.02. The molecule has 2 aliphatic heterocycles. The second kappa shape index (κ2) is 6.92. The Morgan fingerprint density at radius 1 is 1.00 bits per heavy atom. The Hall–Kier alpha value is -2.67. The Labute approximate surface area is 153 Å². The SMILES string of the molecule is CN1CCN(c2ccc(Nc3ncc4c(n3)CCN(C)C4=O)cc2)CC1. The van der Waals surface area contributed by atoms with Crippen LogP contribution >= 0.6 is 0 Å². The molecule has 1 N–H and O–H groups in total. The van der Waals surface area contributed by atoms with Crippen molar-refractivity contribution in [1.82, 2.24) is 19.8 Å². The topological polar surface area (TPSA) is 64.6 Å². The fraction of sp³-hybridized carbons (Fsp3) is 0.421. The molecule has 26 heavy (non-hydrogen) atoms. The second-order valence-corrected chi connectivity index (χ2v) is 6.99. The molecule has 0 unspecified atom stereocenters. The lowest BCUT2D eigenvalue weighted by Gasteiger charge is -2.34. The van der Waals surface area contributed by atoms with E-state index in [4.69, 9.17) is 0 Å². The van der Waals surface area contributed by atoms with Crippen LogP contribution in [0.5, 0.6) is 0 Å². The maximum atomic E-state index is 12.1. The molecular formula is C19H24N6O. The van der Waals surface area contributed by atoms with Gasteiger partial charge in [-0.2, -0.15) is 0 Å². The van der Waals surface area contributed by atoms with E-state index in [1.54, 1.807) is 18.1 Å². The monoisotopic (exact) mass is 352 g/mol. The van der Waals surface area contributed by atoms with Crippen molar-refractivity contribution in [2.24, 2.45) is 0 Å². The van der Waals surface area contributed by atoms with Crippen molar-refractivity contribution in [2.45, 2.75) is 6.42 Å². The van der Waals surface area contributed by atoms with Gasteiger partial charge in [-0.1, -0.05) is 0 Å². The van der Waals surface area contributed by atoms with Gasteiger partial charge in [-0.15, -0.1) is 0 Å². The normalized spacial score (nSPS) is 18.0. The number of piperazine rings is 1. The van der Waals surface area contributed by atoms with E-state index in [1.807, 2.05) is 0 Å². The zero-order valence-corrected chi connectivity index (χ0v) is 15.3. The van der Waals surface area contributed by atoms with Gasteiger partial charge in [-0.3, -0.25) is 4.79 Å². The van der Waals surface area contributed by atoms with Gasteiger partial charge in [-0.25, -0.2) is 9.97 Å². The van der Waals surface area contributed by atoms with Crippen molar-refractivity contribution in [3.8, 4) is 0 Å². The average Bonchev–Trinajstić information content (AvgIpc) is 2.66. The van der Waals surface area contributed by atoms with Crippen LogP contribution in [0, 0.1) is 0 Å². The fourth-order valence-electron chi connectivity index (χ4n) is 3.38. The number of aromatic nitrogens is 2.